The summed E-state index contributed by atoms with van der Waals surface area (Å²) in [6.07, 6.45) is 0.859. The van der Waals surface area contributed by atoms with Crippen LogP contribution in [0.3, 0.4) is 0 Å². The van der Waals surface area contributed by atoms with Gasteiger partial charge < -0.3 is 36.2 Å². The molecule has 39 heavy (non-hydrogen) atoms. The molecule has 10 nitrogen and oxygen atoms in total. The number of carbonyl (C=O) groups excluding carboxylic acids is 3. The van der Waals surface area contributed by atoms with Crippen LogP contribution >= 0.6 is 0 Å². The maximum absolute atomic E-state index is 13.7. The van der Waals surface area contributed by atoms with Gasteiger partial charge in [0.05, 0.1) is 12.7 Å². The van der Waals surface area contributed by atoms with Crippen LogP contribution in [0.2, 0.25) is 0 Å². The quantitative estimate of drug-likeness (QED) is 0.295. The van der Waals surface area contributed by atoms with Crippen molar-refractivity contribution in [3.05, 3.63) is 45.4 Å². The first kappa shape index (κ1) is 28.6. The molecule has 0 spiro atoms. The lowest BCUT2D eigenvalue weighted by atomic mass is 9.60. The zero-order chi connectivity index (χ0) is 29.2. The standard InChI is InChI=1S/C29H38N2O8/c1-27(2,3)12-28(4,5)31-11-14-9-17(32)20-16(23(14)39-6)8-13-7-15-10-18(33)21(26(30)37)25(36)29(15,38)24(35)19(13)22(20)34/h9,13,15,31-33,35,38H,7-8,10-12H2,1-6H3,(H2,30,37)/t13?,15-,29-/m0/s1. The monoisotopic (exact) mass is 542 g/mol. The van der Waals surface area contributed by atoms with Crippen LogP contribution in [0.25, 0.3) is 0 Å². The van der Waals surface area contributed by atoms with Crippen molar-refractivity contribution in [3.8, 4) is 11.5 Å². The largest absolute Gasteiger partial charge is 0.511 e. The van der Waals surface area contributed by atoms with Crippen LogP contribution in [-0.2, 0) is 22.6 Å². The van der Waals surface area contributed by atoms with Gasteiger partial charge in [0.25, 0.3) is 5.91 Å². The minimum absolute atomic E-state index is 0.0634. The van der Waals surface area contributed by atoms with Crippen molar-refractivity contribution in [3.63, 3.8) is 0 Å². The Balaban J connectivity index is 1.77. The van der Waals surface area contributed by atoms with Crippen molar-refractivity contribution in [2.45, 2.75) is 78.0 Å². The molecular weight excluding hydrogens is 504 g/mol. The smallest absolute Gasteiger partial charge is 0.255 e. The lowest BCUT2D eigenvalue weighted by Gasteiger charge is -2.45. The van der Waals surface area contributed by atoms with Gasteiger partial charge in [0.15, 0.2) is 11.4 Å². The van der Waals surface area contributed by atoms with Gasteiger partial charge in [0.1, 0.15) is 28.6 Å². The number of fused-ring (bicyclic) bond motifs is 3. The van der Waals surface area contributed by atoms with Crippen molar-refractivity contribution in [1.82, 2.24) is 5.32 Å². The fraction of sp³-hybridized carbons (Fsp3) is 0.552. The minimum Gasteiger partial charge on any atom is -0.511 e. The number of Topliss-reactive ketones (excluding diaryl/α,β-unsaturated/α-hetero) is 2. The third-order valence-electron chi connectivity index (χ3n) is 8.02. The Kier molecular flexibility index (Phi) is 6.88. The number of hydrogen-bond donors (Lipinski definition) is 6. The molecule has 10 heteroatoms. The molecule has 1 aromatic carbocycles. The maximum Gasteiger partial charge on any atom is 0.255 e. The van der Waals surface area contributed by atoms with E-state index < -0.39 is 52.0 Å². The predicted molar refractivity (Wildman–Crippen MR) is 142 cm³/mol. The van der Waals surface area contributed by atoms with Crippen LogP contribution < -0.4 is 15.8 Å². The van der Waals surface area contributed by atoms with Gasteiger partial charge in [0.2, 0.25) is 5.78 Å². The van der Waals surface area contributed by atoms with Crippen molar-refractivity contribution in [2.75, 3.05) is 7.11 Å². The van der Waals surface area contributed by atoms with Gasteiger partial charge in [-0.2, -0.15) is 0 Å². The van der Waals surface area contributed by atoms with E-state index in [4.69, 9.17) is 10.5 Å². The first-order chi connectivity index (χ1) is 17.9. The highest BCUT2D eigenvalue weighted by atomic mass is 16.5. The average molecular weight is 543 g/mol. The number of ether oxygens (including phenoxy) is 1. The first-order valence-corrected chi connectivity index (χ1v) is 13.1. The lowest BCUT2D eigenvalue weighted by molar-refractivity contribution is -0.144. The van der Waals surface area contributed by atoms with E-state index in [1.54, 1.807) is 0 Å². The van der Waals surface area contributed by atoms with Crippen LogP contribution in [0.15, 0.2) is 28.7 Å². The Morgan fingerprint density at radius 1 is 1.15 bits per heavy atom. The van der Waals surface area contributed by atoms with E-state index in [9.17, 15) is 34.8 Å². The number of methoxy groups -OCH3 is 1. The number of allylic oxidation sites excluding steroid dienone is 2. The van der Waals surface area contributed by atoms with Crippen LogP contribution in [0.5, 0.6) is 11.5 Å². The van der Waals surface area contributed by atoms with Crippen molar-refractivity contribution in [2.24, 2.45) is 23.0 Å². The maximum atomic E-state index is 13.7. The summed E-state index contributed by atoms with van der Waals surface area (Å²) in [7, 11) is 1.48. The number of nitrogens with two attached hydrogens (primary N) is 1. The van der Waals surface area contributed by atoms with E-state index >= 15 is 0 Å². The molecule has 0 aliphatic heterocycles. The Morgan fingerprint density at radius 2 is 1.79 bits per heavy atom. The number of aromatic hydroxyl groups is 1. The van der Waals surface area contributed by atoms with Gasteiger partial charge in [0, 0.05) is 41.1 Å². The highest BCUT2D eigenvalue weighted by Gasteiger charge is 2.59. The minimum atomic E-state index is -2.59. The van der Waals surface area contributed by atoms with E-state index in [0.717, 1.165) is 6.42 Å². The van der Waals surface area contributed by atoms with Gasteiger partial charge in [-0.3, -0.25) is 14.4 Å². The van der Waals surface area contributed by atoms with Gasteiger partial charge in [-0.15, -0.1) is 0 Å². The number of phenolic OH excluding ortho intramolecular Hbond substituents is 1. The second kappa shape index (κ2) is 9.38. The second-order valence-electron chi connectivity index (χ2n) is 12.8. The molecule has 4 rings (SSSR count). The molecule has 0 radical (unpaired) electrons. The van der Waals surface area contributed by atoms with E-state index in [0.29, 0.717) is 23.4 Å². The van der Waals surface area contributed by atoms with E-state index in [1.165, 1.54) is 13.2 Å². The topological polar surface area (TPSA) is 179 Å². The van der Waals surface area contributed by atoms with E-state index in [1.807, 2.05) is 0 Å². The molecule has 0 fully saturated rings. The number of aliphatic hydroxyl groups excluding tert-OH is 2. The fourth-order valence-corrected chi connectivity index (χ4v) is 6.84. The molecule has 3 atom stereocenters. The Morgan fingerprint density at radius 3 is 2.36 bits per heavy atom. The number of hydrogen-bond acceptors (Lipinski definition) is 9. The lowest BCUT2D eigenvalue weighted by Crippen LogP contribution is -2.57. The number of primary amides is 1. The van der Waals surface area contributed by atoms with Crippen LogP contribution in [0, 0.1) is 17.3 Å². The molecule has 0 bridgehead atoms. The molecule has 3 aliphatic rings. The third kappa shape index (κ3) is 4.69. The molecule has 212 valence electrons. The number of phenols is 1. The van der Waals surface area contributed by atoms with Crippen LogP contribution in [0.4, 0.5) is 0 Å². The van der Waals surface area contributed by atoms with Crippen LogP contribution in [0.1, 0.15) is 75.4 Å². The number of benzene rings is 1. The second-order valence-corrected chi connectivity index (χ2v) is 12.8. The third-order valence-corrected chi connectivity index (χ3v) is 8.02. The average Bonchev–Trinajstić information content (AvgIpc) is 2.78. The summed E-state index contributed by atoms with van der Waals surface area (Å²) in [5.41, 5.74) is 2.58. The molecule has 0 saturated heterocycles. The predicted octanol–water partition coefficient (Wildman–Crippen LogP) is 2.89. The Hall–Kier alpha value is -3.37. The first-order valence-electron chi connectivity index (χ1n) is 13.1. The molecule has 1 amide bonds. The molecule has 7 N–H and O–H groups in total. The van der Waals surface area contributed by atoms with E-state index in [-0.39, 0.29) is 47.1 Å². The number of nitrogens with one attached hydrogen (secondary N) is 1. The number of rotatable bonds is 6. The summed E-state index contributed by atoms with van der Waals surface area (Å²) in [5, 5.41) is 47.3. The summed E-state index contributed by atoms with van der Waals surface area (Å²) in [4.78, 5) is 38.6. The summed E-state index contributed by atoms with van der Waals surface area (Å²) in [6.45, 7) is 11.0. The molecule has 0 heterocycles. The summed E-state index contributed by atoms with van der Waals surface area (Å²) in [6, 6.07) is 1.45. The normalized spacial score (nSPS) is 25.3. The molecule has 0 saturated carbocycles. The Labute approximate surface area is 227 Å². The molecule has 0 aromatic heterocycles. The molecule has 1 unspecified atom stereocenters. The highest BCUT2D eigenvalue weighted by Crippen LogP contribution is 2.52. The number of amides is 1. The van der Waals surface area contributed by atoms with Gasteiger partial charge in [-0.05, 0) is 50.5 Å². The van der Waals surface area contributed by atoms with Crippen molar-refractivity contribution in [1.29, 1.82) is 0 Å². The summed E-state index contributed by atoms with van der Waals surface area (Å²) in [5.74, 6) is -6.12. The number of ketones is 2. The Bertz CT molecular complexity index is 1330. The zero-order valence-electron chi connectivity index (χ0n) is 23.3. The highest BCUT2D eigenvalue weighted by molar-refractivity contribution is 6.24. The molecule has 3 aliphatic carbocycles. The SMILES string of the molecule is COc1c(CNC(C)(C)CC(C)(C)C)cc(O)c2c1CC1C[C@H]3CC(O)=C(C(N)=O)C(=O)[C@@]3(O)C(O)=C1C2=O. The van der Waals surface area contributed by atoms with Gasteiger partial charge in [-0.1, -0.05) is 20.8 Å². The van der Waals surface area contributed by atoms with Crippen LogP contribution in [-0.4, -0.2) is 56.1 Å². The fourth-order valence-electron chi connectivity index (χ4n) is 6.84. The van der Waals surface area contributed by atoms with Crippen molar-refractivity contribution < 1.29 is 39.5 Å². The number of carbonyl (C=O) groups is 3. The van der Waals surface area contributed by atoms with E-state index in [2.05, 4.69) is 39.9 Å². The number of aliphatic hydroxyl groups is 3. The molecule has 1 aromatic rings. The van der Waals surface area contributed by atoms with Gasteiger partial charge in [-0.25, -0.2) is 0 Å². The van der Waals surface area contributed by atoms with Gasteiger partial charge >= 0.3 is 0 Å². The zero-order valence-corrected chi connectivity index (χ0v) is 23.3. The summed E-state index contributed by atoms with van der Waals surface area (Å²) < 4.78 is 5.74. The van der Waals surface area contributed by atoms with Crippen molar-refractivity contribution >= 4 is 17.5 Å². The molecular formula is C29H38N2O8. The summed E-state index contributed by atoms with van der Waals surface area (Å²) >= 11 is 0.